The highest BCUT2D eigenvalue weighted by atomic mass is 16.5. The number of fused-ring (bicyclic) bond motifs is 1. The summed E-state index contributed by atoms with van der Waals surface area (Å²) in [6.45, 7) is 3.98. The van der Waals surface area contributed by atoms with Crippen molar-refractivity contribution in [3.05, 3.63) is 65.4 Å². The third-order valence-electron chi connectivity index (χ3n) is 4.15. The van der Waals surface area contributed by atoms with Gasteiger partial charge in [0.2, 0.25) is 0 Å². The van der Waals surface area contributed by atoms with E-state index in [0.29, 0.717) is 22.5 Å². The lowest BCUT2D eigenvalue weighted by atomic mass is 10.1. The van der Waals surface area contributed by atoms with Crippen LogP contribution in [0.25, 0.3) is 10.9 Å². The van der Waals surface area contributed by atoms with Gasteiger partial charge >= 0.3 is 11.9 Å². The van der Waals surface area contributed by atoms with Crippen molar-refractivity contribution in [1.82, 2.24) is 4.98 Å². The van der Waals surface area contributed by atoms with Crippen LogP contribution < -0.4 is 5.32 Å². The second-order valence-electron chi connectivity index (χ2n) is 5.94. The number of methoxy groups -OCH3 is 1. The molecule has 0 amide bonds. The van der Waals surface area contributed by atoms with Crippen LogP contribution in [0, 0.1) is 6.92 Å². The van der Waals surface area contributed by atoms with Crippen LogP contribution in [0.4, 0.5) is 11.4 Å². The van der Waals surface area contributed by atoms with Gasteiger partial charge < -0.3 is 14.8 Å². The monoisotopic (exact) mass is 364 g/mol. The minimum absolute atomic E-state index is 0.266. The molecule has 1 heterocycles. The minimum Gasteiger partial charge on any atom is -0.465 e. The van der Waals surface area contributed by atoms with E-state index in [4.69, 9.17) is 9.47 Å². The molecule has 0 aliphatic carbocycles. The molecule has 27 heavy (non-hydrogen) atoms. The topological polar surface area (TPSA) is 77.5 Å². The average Bonchev–Trinajstić information content (AvgIpc) is 2.68. The van der Waals surface area contributed by atoms with Crippen molar-refractivity contribution in [1.29, 1.82) is 0 Å². The molecular formula is C21H20N2O4. The predicted octanol–water partition coefficient (Wildman–Crippen LogP) is 4.25. The zero-order valence-electron chi connectivity index (χ0n) is 15.4. The molecule has 0 saturated carbocycles. The molecule has 3 rings (SSSR count). The first-order valence-electron chi connectivity index (χ1n) is 8.56. The average molecular weight is 364 g/mol. The number of esters is 2. The smallest absolute Gasteiger partial charge is 0.341 e. The first-order valence-corrected chi connectivity index (χ1v) is 8.56. The molecule has 6 heteroatoms. The van der Waals surface area contributed by atoms with Gasteiger partial charge in [-0.3, -0.25) is 4.98 Å². The van der Waals surface area contributed by atoms with Crippen LogP contribution in [-0.2, 0) is 9.47 Å². The molecule has 138 valence electrons. The Bertz CT molecular complexity index is 1010. The van der Waals surface area contributed by atoms with E-state index in [1.165, 1.54) is 13.3 Å². The predicted molar refractivity (Wildman–Crippen MR) is 104 cm³/mol. The molecule has 0 fully saturated rings. The van der Waals surface area contributed by atoms with E-state index in [1.54, 1.807) is 25.1 Å². The largest absolute Gasteiger partial charge is 0.465 e. The number of hydrogen-bond acceptors (Lipinski definition) is 6. The molecule has 0 saturated heterocycles. The Morgan fingerprint density at radius 2 is 1.89 bits per heavy atom. The maximum Gasteiger partial charge on any atom is 0.341 e. The van der Waals surface area contributed by atoms with Crippen molar-refractivity contribution >= 4 is 34.2 Å². The van der Waals surface area contributed by atoms with Crippen molar-refractivity contribution in [2.75, 3.05) is 19.0 Å². The SMILES string of the molecule is CCOC(=O)c1cnc2c(C)cccc2c1Nc1cccc(C(=O)OC)c1. The fourth-order valence-electron chi connectivity index (χ4n) is 2.86. The molecule has 0 radical (unpaired) electrons. The Kier molecular flexibility index (Phi) is 5.35. The number of para-hydroxylation sites is 1. The highest BCUT2D eigenvalue weighted by Gasteiger charge is 2.18. The lowest BCUT2D eigenvalue weighted by molar-refractivity contribution is 0.0526. The van der Waals surface area contributed by atoms with Crippen LogP contribution in [0.3, 0.4) is 0 Å². The first kappa shape index (κ1) is 18.4. The number of rotatable bonds is 5. The number of nitrogens with zero attached hydrogens (tertiary/aromatic N) is 1. The van der Waals surface area contributed by atoms with Crippen molar-refractivity contribution in [2.24, 2.45) is 0 Å². The van der Waals surface area contributed by atoms with Gasteiger partial charge in [-0.1, -0.05) is 24.3 Å². The summed E-state index contributed by atoms with van der Waals surface area (Å²) >= 11 is 0. The standard InChI is InChI=1S/C21H20N2O4/c1-4-27-21(25)17-12-22-18-13(2)7-5-10-16(18)19(17)23-15-9-6-8-14(11-15)20(24)26-3/h5-12H,4H2,1-3H3,(H,22,23). The van der Waals surface area contributed by atoms with Crippen LogP contribution >= 0.6 is 0 Å². The molecule has 0 unspecified atom stereocenters. The maximum atomic E-state index is 12.4. The number of aromatic nitrogens is 1. The quantitative estimate of drug-likeness (QED) is 0.682. The highest BCUT2D eigenvalue weighted by Crippen LogP contribution is 2.31. The number of carbonyl (C=O) groups excluding carboxylic acids is 2. The Morgan fingerprint density at radius 3 is 2.63 bits per heavy atom. The van der Waals surface area contributed by atoms with E-state index in [9.17, 15) is 9.59 Å². The number of ether oxygens (including phenoxy) is 2. The first-order chi connectivity index (χ1) is 13.0. The third-order valence-corrected chi connectivity index (χ3v) is 4.15. The number of aryl methyl sites for hydroxylation is 1. The van der Waals surface area contributed by atoms with Crippen molar-refractivity contribution in [3.63, 3.8) is 0 Å². The normalized spacial score (nSPS) is 10.5. The number of anilines is 2. The summed E-state index contributed by atoms with van der Waals surface area (Å²) in [7, 11) is 1.33. The molecule has 1 aromatic heterocycles. The number of pyridine rings is 1. The fourth-order valence-corrected chi connectivity index (χ4v) is 2.86. The van der Waals surface area contributed by atoms with Gasteiger partial charge in [0, 0.05) is 17.3 Å². The number of hydrogen-bond donors (Lipinski definition) is 1. The van der Waals surface area contributed by atoms with E-state index in [0.717, 1.165) is 16.5 Å². The molecule has 0 bridgehead atoms. The Balaban J connectivity index is 2.14. The summed E-state index contributed by atoms with van der Waals surface area (Å²) < 4.78 is 9.94. The van der Waals surface area contributed by atoms with Gasteiger partial charge in [-0.15, -0.1) is 0 Å². The molecule has 0 spiro atoms. The molecule has 1 N–H and O–H groups in total. The minimum atomic E-state index is -0.458. The molecule has 6 nitrogen and oxygen atoms in total. The summed E-state index contributed by atoms with van der Waals surface area (Å²) in [6.07, 6.45) is 1.51. The molecule has 2 aromatic carbocycles. The van der Waals surface area contributed by atoms with Crippen molar-refractivity contribution < 1.29 is 19.1 Å². The van der Waals surface area contributed by atoms with Crippen LogP contribution in [0.2, 0.25) is 0 Å². The van der Waals surface area contributed by atoms with Crippen molar-refractivity contribution in [2.45, 2.75) is 13.8 Å². The third kappa shape index (κ3) is 3.74. The molecule has 3 aromatic rings. The van der Waals surface area contributed by atoms with Gasteiger partial charge in [-0.25, -0.2) is 9.59 Å². The van der Waals surface area contributed by atoms with E-state index < -0.39 is 11.9 Å². The summed E-state index contributed by atoms with van der Waals surface area (Å²) in [4.78, 5) is 28.7. The van der Waals surface area contributed by atoms with Crippen LogP contribution in [-0.4, -0.2) is 30.6 Å². The molecule has 0 atom stereocenters. The Hall–Kier alpha value is -3.41. The van der Waals surface area contributed by atoms with Gasteiger partial charge in [0.25, 0.3) is 0 Å². The molecule has 0 aliphatic rings. The number of benzene rings is 2. The number of nitrogens with one attached hydrogen (secondary N) is 1. The Morgan fingerprint density at radius 1 is 1.11 bits per heavy atom. The van der Waals surface area contributed by atoms with Crippen molar-refractivity contribution in [3.8, 4) is 0 Å². The summed E-state index contributed by atoms with van der Waals surface area (Å²) in [5.74, 6) is -0.889. The van der Waals surface area contributed by atoms with Gasteiger partial charge in [-0.05, 0) is 37.6 Å². The number of carbonyl (C=O) groups is 2. The van der Waals surface area contributed by atoms with Crippen LogP contribution in [0.5, 0.6) is 0 Å². The Labute approximate surface area is 157 Å². The summed E-state index contributed by atoms with van der Waals surface area (Å²) in [6, 6.07) is 12.6. The summed E-state index contributed by atoms with van der Waals surface area (Å²) in [5.41, 5.74) is 3.77. The van der Waals surface area contributed by atoms with E-state index in [-0.39, 0.29) is 6.61 Å². The molecular weight excluding hydrogens is 344 g/mol. The van der Waals surface area contributed by atoms with Crippen LogP contribution in [0.15, 0.2) is 48.7 Å². The van der Waals surface area contributed by atoms with Gasteiger partial charge in [0.15, 0.2) is 0 Å². The lowest BCUT2D eigenvalue weighted by Gasteiger charge is -2.15. The fraction of sp³-hybridized carbons (Fsp3) is 0.190. The van der Waals surface area contributed by atoms with E-state index in [2.05, 4.69) is 10.3 Å². The summed E-state index contributed by atoms with van der Waals surface area (Å²) in [5, 5.41) is 4.05. The zero-order valence-corrected chi connectivity index (χ0v) is 15.4. The van der Waals surface area contributed by atoms with Gasteiger partial charge in [0.1, 0.15) is 5.56 Å². The van der Waals surface area contributed by atoms with Crippen LogP contribution in [0.1, 0.15) is 33.2 Å². The van der Waals surface area contributed by atoms with Gasteiger partial charge in [0.05, 0.1) is 30.5 Å². The van der Waals surface area contributed by atoms with E-state index in [1.807, 2.05) is 31.2 Å². The van der Waals surface area contributed by atoms with Gasteiger partial charge in [-0.2, -0.15) is 0 Å². The highest BCUT2D eigenvalue weighted by molar-refractivity contribution is 6.06. The van der Waals surface area contributed by atoms with E-state index >= 15 is 0 Å². The molecule has 0 aliphatic heterocycles. The maximum absolute atomic E-state index is 12.4. The second-order valence-corrected chi connectivity index (χ2v) is 5.94. The lowest BCUT2D eigenvalue weighted by Crippen LogP contribution is -2.10. The second kappa shape index (κ2) is 7.86. The zero-order chi connectivity index (χ0) is 19.4.